The fraction of sp³-hybridized carbons (Fsp3) is 0.462. The predicted molar refractivity (Wildman–Crippen MR) is 64.4 cm³/mol. The summed E-state index contributed by atoms with van der Waals surface area (Å²) >= 11 is 0. The van der Waals surface area contributed by atoms with Gasteiger partial charge < -0.3 is 10.5 Å². The molecule has 88 valence electrons. The lowest BCUT2D eigenvalue weighted by Gasteiger charge is -2.15. The van der Waals surface area contributed by atoms with Crippen LogP contribution >= 0.6 is 0 Å². The van der Waals surface area contributed by atoms with E-state index >= 15 is 0 Å². The lowest BCUT2D eigenvalue weighted by molar-refractivity contribution is -0.136. The molecule has 0 bridgehead atoms. The van der Waals surface area contributed by atoms with Gasteiger partial charge in [-0.25, -0.2) is 4.79 Å². The van der Waals surface area contributed by atoms with Gasteiger partial charge in [-0.2, -0.15) is 0 Å². The number of hydrogen-bond donors (Lipinski definition) is 1. The molecule has 0 amide bonds. The molecule has 3 nitrogen and oxygen atoms in total. The lowest BCUT2D eigenvalue weighted by atomic mass is 10.1. The molecule has 0 aliphatic carbocycles. The van der Waals surface area contributed by atoms with Crippen molar-refractivity contribution in [3.8, 4) is 5.75 Å². The Morgan fingerprint density at radius 2 is 1.94 bits per heavy atom. The van der Waals surface area contributed by atoms with E-state index in [0.29, 0.717) is 5.75 Å². The molecule has 0 aromatic heterocycles. The van der Waals surface area contributed by atoms with E-state index in [0.717, 1.165) is 11.1 Å². The predicted octanol–water partition coefficient (Wildman–Crippen LogP) is 2.19. The average molecular weight is 221 g/mol. The molecule has 1 unspecified atom stereocenters. The molecule has 1 aromatic rings. The third-order valence-electron chi connectivity index (χ3n) is 2.54. The largest absolute Gasteiger partial charge is 0.425 e. The van der Waals surface area contributed by atoms with Crippen molar-refractivity contribution in [3.63, 3.8) is 0 Å². The monoisotopic (exact) mass is 221 g/mol. The van der Waals surface area contributed by atoms with Gasteiger partial charge in [0.2, 0.25) is 0 Å². The number of rotatable bonds is 3. The van der Waals surface area contributed by atoms with E-state index in [1.54, 1.807) is 0 Å². The summed E-state index contributed by atoms with van der Waals surface area (Å²) in [6, 6.07) is 5.19. The molecule has 3 heteroatoms. The zero-order chi connectivity index (χ0) is 12.3. The summed E-state index contributed by atoms with van der Waals surface area (Å²) in [7, 11) is 0. The molecule has 0 spiro atoms. The molecule has 0 fully saturated rings. The van der Waals surface area contributed by atoms with Crippen LogP contribution in [-0.4, -0.2) is 12.0 Å². The van der Waals surface area contributed by atoms with Crippen molar-refractivity contribution in [1.82, 2.24) is 0 Å². The van der Waals surface area contributed by atoms with Crippen LogP contribution in [0.2, 0.25) is 0 Å². The van der Waals surface area contributed by atoms with Gasteiger partial charge in [0.05, 0.1) is 0 Å². The smallest absolute Gasteiger partial charge is 0.328 e. The highest BCUT2D eigenvalue weighted by Gasteiger charge is 2.20. The molecule has 0 heterocycles. The summed E-state index contributed by atoms with van der Waals surface area (Å²) in [5, 5.41) is 0. The zero-order valence-corrected chi connectivity index (χ0v) is 10.3. The van der Waals surface area contributed by atoms with Gasteiger partial charge in [-0.3, -0.25) is 0 Å². The third kappa shape index (κ3) is 3.07. The normalized spacial score (nSPS) is 12.6. The first-order valence-corrected chi connectivity index (χ1v) is 5.46. The molecule has 2 N–H and O–H groups in total. The molecule has 0 saturated carbocycles. The number of carbonyl (C=O) groups excluding carboxylic acids is 1. The molecule has 0 saturated heterocycles. The number of benzene rings is 1. The van der Waals surface area contributed by atoms with Crippen molar-refractivity contribution in [3.05, 3.63) is 29.3 Å². The minimum Gasteiger partial charge on any atom is -0.425 e. The number of ether oxygens (including phenoxy) is 1. The lowest BCUT2D eigenvalue weighted by Crippen LogP contribution is -2.38. The van der Waals surface area contributed by atoms with E-state index in [1.807, 2.05) is 45.9 Å². The fourth-order valence-electron chi connectivity index (χ4n) is 1.27. The van der Waals surface area contributed by atoms with Crippen LogP contribution in [-0.2, 0) is 4.79 Å². The number of carbonyl (C=O) groups is 1. The van der Waals surface area contributed by atoms with E-state index in [4.69, 9.17) is 10.5 Å². The summed E-state index contributed by atoms with van der Waals surface area (Å²) in [5.41, 5.74) is 7.72. The second-order valence-electron chi connectivity index (χ2n) is 4.46. The van der Waals surface area contributed by atoms with Crippen molar-refractivity contribution in [2.75, 3.05) is 0 Å². The fourth-order valence-corrected chi connectivity index (χ4v) is 1.27. The van der Waals surface area contributed by atoms with Crippen molar-refractivity contribution in [1.29, 1.82) is 0 Å². The van der Waals surface area contributed by atoms with Crippen molar-refractivity contribution in [2.24, 2.45) is 11.7 Å². The minimum absolute atomic E-state index is 0.0811. The van der Waals surface area contributed by atoms with Crippen molar-refractivity contribution >= 4 is 5.97 Å². The quantitative estimate of drug-likeness (QED) is 0.628. The zero-order valence-electron chi connectivity index (χ0n) is 10.3. The Hall–Kier alpha value is -1.35. The van der Waals surface area contributed by atoms with Crippen LogP contribution in [0.25, 0.3) is 0 Å². The second-order valence-corrected chi connectivity index (χ2v) is 4.46. The first kappa shape index (κ1) is 12.7. The number of aryl methyl sites for hydroxylation is 2. The van der Waals surface area contributed by atoms with Crippen LogP contribution in [0.5, 0.6) is 5.75 Å². The van der Waals surface area contributed by atoms with Crippen LogP contribution < -0.4 is 10.5 Å². The number of nitrogens with two attached hydrogens (primary N) is 1. The molecular weight excluding hydrogens is 202 g/mol. The third-order valence-corrected chi connectivity index (χ3v) is 2.54. The van der Waals surface area contributed by atoms with Gasteiger partial charge in [-0.1, -0.05) is 26.0 Å². The van der Waals surface area contributed by atoms with Crippen molar-refractivity contribution in [2.45, 2.75) is 33.7 Å². The van der Waals surface area contributed by atoms with Gasteiger partial charge in [0.25, 0.3) is 0 Å². The van der Waals surface area contributed by atoms with Gasteiger partial charge in [0.15, 0.2) is 0 Å². The van der Waals surface area contributed by atoms with Crippen LogP contribution in [0.15, 0.2) is 18.2 Å². The van der Waals surface area contributed by atoms with Crippen LogP contribution in [0.4, 0.5) is 0 Å². The molecular formula is C13H19NO2. The highest BCUT2D eigenvalue weighted by Crippen LogP contribution is 2.20. The molecule has 1 rings (SSSR count). The maximum Gasteiger partial charge on any atom is 0.328 e. The van der Waals surface area contributed by atoms with Gasteiger partial charge >= 0.3 is 5.97 Å². The van der Waals surface area contributed by atoms with Crippen LogP contribution in [0, 0.1) is 19.8 Å². The Morgan fingerprint density at radius 1 is 1.31 bits per heavy atom. The van der Waals surface area contributed by atoms with Crippen molar-refractivity contribution < 1.29 is 9.53 Å². The second kappa shape index (κ2) is 5.12. The maximum absolute atomic E-state index is 11.7. The minimum atomic E-state index is -0.570. The Balaban J connectivity index is 2.80. The number of esters is 1. The molecule has 1 atom stereocenters. The molecule has 1 aromatic carbocycles. The van der Waals surface area contributed by atoms with Gasteiger partial charge in [0.1, 0.15) is 11.8 Å². The van der Waals surface area contributed by atoms with E-state index < -0.39 is 6.04 Å². The summed E-state index contributed by atoms with van der Waals surface area (Å²) < 4.78 is 5.29. The Labute approximate surface area is 96.6 Å². The topological polar surface area (TPSA) is 52.3 Å². The highest BCUT2D eigenvalue weighted by molar-refractivity contribution is 5.78. The first-order chi connectivity index (χ1) is 7.41. The highest BCUT2D eigenvalue weighted by atomic mass is 16.5. The summed E-state index contributed by atoms with van der Waals surface area (Å²) in [6.45, 7) is 7.66. The van der Waals surface area contributed by atoms with Gasteiger partial charge in [0, 0.05) is 0 Å². The summed E-state index contributed by atoms with van der Waals surface area (Å²) in [4.78, 5) is 11.7. The van der Waals surface area contributed by atoms with Gasteiger partial charge in [-0.05, 0) is 37.0 Å². The standard InChI is InChI=1S/C13H19NO2/c1-8(2)12(14)13(15)16-11-7-9(3)5-6-10(11)4/h5-8,12H,14H2,1-4H3. The SMILES string of the molecule is Cc1ccc(C)c(OC(=O)C(N)C(C)C)c1. The summed E-state index contributed by atoms with van der Waals surface area (Å²) in [5.74, 6) is 0.308. The number of hydrogen-bond acceptors (Lipinski definition) is 3. The van der Waals surface area contributed by atoms with E-state index in [2.05, 4.69) is 0 Å². The maximum atomic E-state index is 11.7. The molecule has 0 aliphatic rings. The first-order valence-electron chi connectivity index (χ1n) is 5.46. The average Bonchev–Trinajstić information content (AvgIpc) is 2.22. The molecule has 16 heavy (non-hydrogen) atoms. The van der Waals surface area contributed by atoms with Gasteiger partial charge in [-0.15, -0.1) is 0 Å². The molecule has 0 radical (unpaired) electrons. The Morgan fingerprint density at radius 3 is 2.50 bits per heavy atom. The molecule has 0 aliphatic heterocycles. The Bertz CT molecular complexity index is 386. The summed E-state index contributed by atoms with van der Waals surface area (Å²) in [6.07, 6.45) is 0. The van der Waals surface area contributed by atoms with E-state index in [-0.39, 0.29) is 11.9 Å². The van der Waals surface area contributed by atoms with E-state index in [1.165, 1.54) is 0 Å². The van der Waals surface area contributed by atoms with E-state index in [9.17, 15) is 4.79 Å². The van der Waals surface area contributed by atoms with Crippen LogP contribution in [0.3, 0.4) is 0 Å². The van der Waals surface area contributed by atoms with Crippen LogP contribution in [0.1, 0.15) is 25.0 Å². The Kier molecular flexibility index (Phi) is 4.07.